The highest BCUT2D eigenvalue weighted by Crippen LogP contribution is 2.29. The highest BCUT2D eigenvalue weighted by Gasteiger charge is 2.37. The number of aliphatic carboxylic acids is 1. The molecule has 0 aromatic carbocycles. The van der Waals surface area contributed by atoms with E-state index in [1.807, 2.05) is 6.92 Å². The molecule has 18 heavy (non-hydrogen) atoms. The molecule has 1 saturated heterocycles. The van der Waals surface area contributed by atoms with Crippen LogP contribution in [0, 0.1) is 11.3 Å². The standard InChI is InChI=1S/C13H22N2O3/c1-13(5-2-6-14-8-13)12(18)15-10-4-3-9(7-10)11(16)17/h9-10,14H,2-8H2,1H3,(H,15,18)(H,16,17)/t9-,10+,13?/m1/s1. The van der Waals surface area contributed by atoms with Gasteiger partial charge in [-0.25, -0.2) is 0 Å². The van der Waals surface area contributed by atoms with Crippen LogP contribution >= 0.6 is 0 Å². The highest BCUT2D eigenvalue weighted by atomic mass is 16.4. The normalized spacial score (nSPS) is 36.3. The molecule has 1 saturated carbocycles. The van der Waals surface area contributed by atoms with Gasteiger partial charge in [0.2, 0.25) is 5.91 Å². The summed E-state index contributed by atoms with van der Waals surface area (Å²) in [5.41, 5.74) is -0.334. The first-order chi connectivity index (χ1) is 8.51. The number of carbonyl (C=O) groups excluding carboxylic acids is 1. The molecule has 1 aliphatic carbocycles. The Hall–Kier alpha value is -1.10. The van der Waals surface area contributed by atoms with Gasteiger partial charge in [-0.1, -0.05) is 0 Å². The van der Waals surface area contributed by atoms with Crippen molar-refractivity contribution in [3.63, 3.8) is 0 Å². The summed E-state index contributed by atoms with van der Waals surface area (Å²) in [4.78, 5) is 23.1. The molecule has 0 aromatic heterocycles. The van der Waals surface area contributed by atoms with E-state index < -0.39 is 5.97 Å². The van der Waals surface area contributed by atoms with Crippen LogP contribution in [0.2, 0.25) is 0 Å². The van der Waals surface area contributed by atoms with Crippen molar-refractivity contribution in [3.8, 4) is 0 Å². The van der Waals surface area contributed by atoms with Gasteiger partial charge in [-0.3, -0.25) is 9.59 Å². The first-order valence-corrected chi connectivity index (χ1v) is 6.76. The van der Waals surface area contributed by atoms with Crippen LogP contribution in [0.25, 0.3) is 0 Å². The number of carboxylic acid groups (broad SMARTS) is 1. The summed E-state index contributed by atoms with van der Waals surface area (Å²) < 4.78 is 0. The first-order valence-electron chi connectivity index (χ1n) is 6.76. The van der Waals surface area contributed by atoms with Crippen LogP contribution in [-0.4, -0.2) is 36.1 Å². The SMILES string of the molecule is CC1(C(=O)N[C@H]2CC[C@@H](C(=O)O)C2)CCCNC1. The van der Waals surface area contributed by atoms with Crippen LogP contribution in [0.4, 0.5) is 0 Å². The van der Waals surface area contributed by atoms with Crippen molar-refractivity contribution in [3.05, 3.63) is 0 Å². The van der Waals surface area contributed by atoms with Crippen LogP contribution in [0.15, 0.2) is 0 Å². The van der Waals surface area contributed by atoms with E-state index in [0.29, 0.717) is 19.4 Å². The van der Waals surface area contributed by atoms with Crippen molar-refractivity contribution in [2.24, 2.45) is 11.3 Å². The van der Waals surface area contributed by atoms with Gasteiger partial charge >= 0.3 is 5.97 Å². The number of hydrogen-bond acceptors (Lipinski definition) is 3. The second-order valence-corrected chi connectivity index (χ2v) is 5.86. The molecule has 0 aromatic rings. The Balaban J connectivity index is 1.86. The minimum absolute atomic E-state index is 0.0392. The molecule has 0 radical (unpaired) electrons. The van der Waals surface area contributed by atoms with Gasteiger partial charge in [0.05, 0.1) is 11.3 Å². The van der Waals surface area contributed by atoms with Crippen molar-refractivity contribution in [2.45, 2.75) is 45.1 Å². The molecular formula is C13H22N2O3. The Morgan fingerprint density at radius 3 is 2.72 bits per heavy atom. The number of rotatable bonds is 3. The molecular weight excluding hydrogens is 232 g/mol. The fourth-order valence-corrected chi connectivity index (χ4v) is 2.95. The quantitative estimate of drug-likeness (QED) is 0.694. The average Bonchev–Trinajstić information content (AvgIpc) is 2.78. The number of carboxylic acids is 1. The summed E-state index contributed by atoms with van der Waals surface area (Å²) in [7, 11) is 0. The maximum Gasteiger partial charge on any atom is 0.306 e. The summed E-state index contributed by atoms with van der Waals surface area (Å²) in [6.45, 7) is 3.68. The van der Waals surface area contributed by atoms with Gasteiger partial charge in [-0.2, -0.15) is 0 Å². The molecule has 2 rings (SSSR count). The molecule has 3 N–H and O–H groups in total. The smallest absolute Gasteiger partial charge is 0.306 e. The van der Waals surface area contributed by atoms with Gasteiger partial charge < -0.3 is 15.7 Å². The lowest BCUT2D eigenvalue weighted by Crippen LogP contribution is -2.50. The lowest BCUT2D eigenvalue weighted by atomic mass is 9.81. The third-order valence-corrected chi connectivity index (χ3v) is 4.26. The Labute approximate surface area is 107 Å². The molecule has 0 spiro atoms. The number of amides is 1. The molecule has 1 unspecified atom stereocenters. The second-order valence-electron chi connectivity index (χ2n) is 5.86. The minimum atomic E-state index is -0.739. The maximum absolute atomic E-state index is 12.3. The molecule has 3 atom stereocenters. The van der Waals surface area contributed by atoms with Crippen LogP contribution in [0.3, 0.4) is 0 Å². The number of nitrogens with one attached hydrogen (secondary N) is 2. The van der Waals surface area contributed by atoms with E-state index in [9.17, 15) is 9.59 Å². The molecule has 2 aliphatic rings. The fourth-order valence-electron chi connectivity index (χ4n) is 2.95. The van der Waals surface area contributed by atoms with Gasteiger partial charge in [0, 0.05) is 12.6 Å². The lowest BCUT2D eigenvalue weighted by Gasteiger charge is -2.33. The van der Waals surface area contributed by atoms with E-state index in [0.717, 1.165) is 25.8 Å². The minimum Gasteiger partial charge on any atom is -0.481 e. The largest absolute Gasteiger partial charge is 0.481 e. The average molecular weight is 254 g/mol. The van der Waals surface area contributed by atoms with E-state index in [1.165, 1.54) is 0 Å². The van der Waals surface area contributed by atoms with Gasteiger partial charge in [0.15, 0.2) is 0 Å². The van der Waals surface area contributed by atoms with Crippen molar-refractivity contribution >= 4 is 11.9 Å². The summed E-state index contributed by atoms with van der Waals surface area (Å²) in [6, 6.07) is 0.0392. The van der Waals surface area contributed by atoms with Gasteiger partial charge in [-0.15, -0.1) is 0 Å². The van der Waals surface area contributed by atoms with Gasteiger partial charge in [0.25, 0.3) is 0 Å². The predicted octanol–water partition coefficient (Wildman–Crippen LogP) is 0.746. The number of hydrogen-bond donors (Lipinski definition) is 3. The zero-order valence-corrected chi connectivity index (χ0v) is 10.9. The van der Waals surface area contributed by atoms with Crippen molar-refractivity contribution in [1.82, 2.24) is 10.6 Å². The summed E-state index contributed by atoms with van der Waals surface area (Å²) >= 11 is 0. The van der Waals surface area contributed by atoms with Gasteiger partial charge in [0.1, 0.15) is 0 Å². The molecule has 1 heterocycles. The monoisotopic (exact) mass is 254 g/mol. The Morgan fingerprint density at radius 2 is 2.17 bits per heavy atom. The lowest BCUT2D eigenvalue weighted by molar-refractivity contribution is -0.141. The van der Waals surface area contributed by atoms with Crippen molar-refractivity contribution in [2.75, 3.05) is 13.1 Å². The van der Waals surface area contributed by atoms with E-state index in [2.05, 4.69) is 10.6 Å². The molecule has 5 nitrogen and oxygen atoms in total. The Morgan fingerprint density at radius 1 is 1.39 bits per heavy atom. The number of carbonyl (C=O) groups is 2. The fraction of sp³-hybridized carbons (Fsp3) is 0.846. The first kappa shape index (κ1) is 13.3. The van der Waals surface area contributed by atoms with Crippen molar-refractivity contribution < 1.29 is 14.7 Å². The molecule has 5 heteroatoms. The van der Waals surface area contributed by atoms with E-state index in [4.69, 9.17) is 5.11 Å². The molecule has 1 amide bonds. The zero-order valence-electron chi connectivity index (χ0n) is 10.9. The highest BCUT2D eigenvalue weighted by molar-refractivity contribution is 5.83. The Bertz CT molecular complexity index is 337. The van der Waals surface area contributed by atoms with E-state index in [-0.39, 0.29) is 23.3 Å². The predicted molar refractivity (Wildman–Crippen MR) is 67.1 cm³/mol. The molecule has 0 bridgehead atoms. The second kappa shape index (κ2) is 5.26. The Kier molecular flexibility index (Phi) is 3.90. The molecule has 1 aliphatic heterocycles. The molecule has 2 fully saturated rings. The summed E-state index contributed by atoms with van der Waals surface area (Å²) in [5, 5.41) is 15.2. The topological polar surface area (TPSA) is 78.4 Å². The third-order valence-electron chi connectivity index (χ3n) is 4.26. The van der Waals surface area contributed by atoms with Crippen LogP contribution in [-0.2, 0) is 9.59 Å². The summed E-state index contributed by atoms with van der Waals surface area (Å²) in [5.74, 6) is -0.949. The van der Waals surface area contributed by atoms with E-state index in [1.54, 1.807) is 0 Å². The molecule has 102 valence electrons. The number of piperidine rings is 1. The third kappa shape index (κ3) is 2.83. The van der Waals surface area contributed by atoms with E-state index >= 15 is 0 Å². The van der Waals surface area contributed by atoms with Crippen molar-refractivity contribution in [1.29, 1.82) is 0 Å². The zero-order chi connectivity index (χ0) is 13.2. The summed E-state index contributed by atoms with van der Waals surface area (Å²) in [6.07, 6.45) is 3.96. The van der Waals surface area contributed by atoms with Crippen LogP contribution < -0.4 is 10.6 Å². The van der Waals surface area contributed by atoms with Crippen LogP contribution in [0.1, 0.15) is 39.0 Å². The van der Waals surface area contributed by atoms with Crippen LogP contribution in [0.5, 0.6) is 0 Å². The van der Waals surface area contributed by atoms with Gasteiger partial charge in [-0.05, 0) is 45.6 Å². The maximum atomic E-state index is 12.3.